The standard InChI is InChI=1S/C13H18Cl2FN/c1-9(2)6-11(14)8-17-7-10-4-3-5-12(15)13(10)16/h3-5,9,11,17H,6-8H2,1-2H3. The highest BCUT2D eigenvalue weighted by Gasteiger charge is 2.09. The second-order valence-corrected chi connectivity index (χ2v) is 5.60. The minimum absolute atomic E-state index is 0.0808. The molecule has 0 heterocycles. The lowest BCUT2D eigenvalue weighted by Gasteiger charge is -2.13. The summed E-state index contributed by atoms with van der Waals surface area (Å²) in [5.74, 6) is 0.221. The van der Waals surface area contributed by atoms with E-state index < -0.39 is 0 Å². The highest BCUT2D eigenvalue weighted by molar-refractivity contribution is 6.30. The molecule has 0 aliphatic carbocycles. The molecule has 0 amide bonds. The Morgan fingerprint density at radius 3 is 2.71 bits per heavy atom. The molecule has 1 aromatic rings. The van der Waals surface area contributed by atoms with E-state index in [9.17, 15) is 4.39 Å². The zero-order valence-electron chi connectivity index (χ0n) is 10.1. The van der Waals surface area contributed by atoms with E-state index in [1.54, 1.807) is 18.2 Å². The maximum absolute atomic E-state index is 13.5. The van der Waals surface area contributed by atoms with Crippen LogP contribution in [0.2, 0.25) is 5.02 Å². The number of hydrogen-bond acceptors (Lipinski definition) is 1. The lowest BCUT2D eigenvalue weighted by molar-refractivity contribution is 0.526. The molecule has 0 radical (unpaired) electrons. The summed E-state index contributed by atoms with van der Waals surface area (Å²) in [7, 11) is 0. The van der Waals surface area contributed by atoms with Gasteiger partial charge in [-0.2, -0.15) is 0 Å². The number of nitrogens with one attached hydrogen (secondary N) is 1. The molecule has 0 aliphatic heterocycles. The van der Waals surface area contributed by atoms with Crippen LogP contribution >= 0.6 is 23.2 Å². The Kier molecular flexibility index (Phi) is 6.24. The summed E-state index contributed by atoms with van der Waals surface area (Å²) in [6, 6.07) is 5.01. The van der Waals surface area contributed by atoms with Gasteiger partial charge in [0.15, 0.2) is 0 Å². The lowest BCUT2D eigenvalue weighted by atomic mass is 10.1. The quantitative estimate of drug-likeness (QED) is 0.768. The van der Waals surface area contributed by atoms with E-state index in [-0.39, 0.29) is 16.2 Å². The Balaban J connectivity index is 2.38. The van der Waals surface area contributed by atoms with Crippen LogP contribution in [0, 0.1) is 11.7 Å². The Morgan fingerprint density at radius 1 is 1.35 bits per heavy atom. The lowest BCUT2D eigenvalue weighted by Crippen LogP contribution is -2.24. The van der Waals surface area contributed by atoms with Crippen LogP contribution in [0.4, 0.5) is 4.39 Å². The summed E-state index contributed by atoms with van der Waals surface area (Å²) in [4.78, 5) is 0. The molecule has 0 saturated heterocycles. The third-order valence-corrected chi connectivity index (χ3v) is 3.06. The average Bonchev–Trinajstić information content (AvgIpc) is 2.23. The fourth-order valence-electron chi connectivity index (χ4n) is 1.64. The summed E-state index contributed by atoms with van der Waals surface area (Å²) >= 11 is 11.8. The normalized spacial score (nSPS) is 13.1. The molecule has 1 unspecified atom stereocenters. The zero-order chi connectivity index (χ0) is 12.8. The van der Waals surface area contributed by atoms with E-state index in [2.05, 4.69) is 19.2 Å². The van der Waals surface area contributed by atoms with Crippen molar-refractivity contribution in [1.82, 2.24) is 5.32 Å². The number of alkyl halides is 1. The number of rotatable bonds is 6. The highest BCUT2D eigenvalue weighted by atomic mass is 35.5. The largest absolute Gasteiger partial charge is 0.311 e. The second-order valence-electron chi connectivity index (χ2n) is 4.57. The van der Waals surface area contributed by atoms with Crippen molar-refractivity contribution in [2.75, 3.05) is 6.54 Å². The molecular formula is C13H18Cl2FN. The van der Waals surface area contributed by atoms with Crippen LogP contribution < -0.4 is 5.32 Å². The van der Waals surface area contributed by atoms with Crippen LogP contribution in [0.25, 0.3) is 0 Å². The number of hydrogen-bond donors (Lipinski definition) is 1. The zero-order valence-corrected chi connectivity index (χ0v) is 11.7. The Labute approximate surface area is 112 Å². The third kappa shape index (κ3) is 5.24. The maximum atomic E-state index is 13.5. The van der Waals surface area contributed by atoms with Gasteiger partial charge in [-0.3, -0.25) is 0 Å². The van der Waals surface area contributed by atoms with Crippen LogP contribution in [0.3, 0.4) is 0 Å². The first-order chi connectivity index (χ1) is 8.00. The average molecular weight is 278 g/mol. The van der Waals surface area contributed by atoms with E-state index in [1.165, 1.54) is 0 Å². The molecule has 0 spiro atoms. The summed E-state index contributed by atoms with van der Waals surface area (Å²) in [6.07, 6.45) is 0.951. The van der Waals surface area contributed by atoms with E-state index in [0.717, 1.165) is 6.42 Å². The first-order valence-electron chi connectivity index (χ1n) is 5.78. The topological polar surface area (TPSA) is 12.0 Å². The fraction of sp³-hybridized carbons (Fsp3) is 0.538. The predicted octanol–water partition coefficient (Wildman–Crippen LogP) is 4.22. The van der Waals surface area contributed by atoms with E-state index in [0.29, 0.717) is 24.6 Å². The first-order valence-corrected chi connectivity index (χ1v) is 6.59. The monoisotopic (exact) mass is 277 g/mol. The molecule has 1 N–H and O–H groups in total. The molecule has 0 saturated carbocycles. The molecule has 0 bridgehead atoms. The molecule has 0 aromatic heterocycles. The predicted molar refractivity (Wildman–Crippen MR) is 72.2 cm³/mol. The van der Waals surface area contributed by atoms with Gasteiger partial charge in [-0.15, -0.1) is 11.6 Å². The van der Waals surface area contributed by atoms with Gasteiger partial charge in [0, 0.05) is 24.0 Å². The SMILES string of the molecule is CC(C)CC(Cl)CNCc1cccc(Cl)c1F. The van der Waals surface area contributed by atoms with Crippen molar-refractivity contribution in [2.45, 2.75) is 32.2 Å². The van der Waals surface area contributed by atoms with Crippen molar-refractivity contribution in [3.63, 3.8) is 0 Å². The summed E-state index contributed by atoms with van der Waals surface area (Å²) in [5.41, 5.74) is 0.575. The van der Waals surface area contributed by atoms with E-state index >= 15 is 0 Å². The van der Waals surface area contributed by atoms with Crippen molar-refractivity contribution >= 4 is 23.2 Å². The van der Waals surface area contributed by atoms with Crippen molar-refractivity contribution in [3.8, 4) is 0 Å². The van der Waals surface area contributed by atoms with Gasteiger partial charge in [-0.05, 0) is 18.4 Å². The van der Waals surface area contributed by atoms with Gasteiger partial charge in [0.1, 0.15) is 5.82 Å². The molecule has 1 atom stereocenters. The molecule has 4 heteroatoms. The smallest absolute Gasteiger partial charge is 0.146 e. The number of benzene rings is 1. The Bertz CT molecular complexity index is 355. The summed E-state index contributed by atoms with van der Waals surface area (Å²) in [5, 5.41) is 3.39. The Hall–Kier alpha value is -0.310. The fourth-order valence-corrected chi connectivity index (χ4v) is 2.30. The van der Waals surface area contributed by atoms with Crippen LogP contribution in [-0.4, -0.2) is 11.9 Å². The maximum Gasteiger partial charge on any atom is 0.146 e. The molecule has 0 aliphatic rings. The molecule has 17 heavy (non-hydrogen) atoms. The minimum Gasteiger partial charge on any atom is -0.311 e. The highest BCUT2D eigenvalue weighted by Crippen LogP contribution is 2.17. The third-order valence-electron chi connectivity index (χ3n) is 2.44. The molecule has 96 valence electrons. The Morgan fingerprint density at radius 2 is 2.06 bits per heavy atom. The molecule has 1 rings (SSSR count). The van der Waals surface area contributed by atoms with Gasteiger partial charge in [0.2, 0.25) is 0 Å². The molecule has 1 aromatic carbocycles. The van der Waals surface area contributed by atoms with Gasteiger partial charge < -0.3 is 5.32 Å². The van der Waals surface area contributed by atoms with Crippen molar-refractivity contribution in [3.05, 3.63) is 34.6 Å². The van der Waals surface area contributed by atoms with Gasteiger partial charge in [0.25, 0.3) is 0 Å². The van der Waals surface area contributed by atoms with Gasteiger partial charge >= 0.3 is 0 Å². The summed E-state index contributed by atoms with van der Waals surface area (Å²) in [6.45, 7) is 5.39. The van der Waals surface area contributed by atoms with Crippen LogP contribution in [-0.2, 0) is 6.54 Å². The molecular weight excluding hydrogens is 260 g/mol. The van der Waals surface area contributed by atoms with Crippen LogP contribution in [0.15, 0.2) is 18.2 Å². The first kappa shape index (κ1) is 14.7. The van der Waals surface area contributed by atoms with Crippen LogP contribution in [0.1, 0.15) is 25.8 Å². The number of halogens is 3. The van der Waals surface area contributed by atoms with Crippen LogP contribution in [0.5, 0.6) is 0 Å². The van der Waals surface area contributed by atoms with Crippen molar-refractivity contribution < 1.29 is 4.39 Å². The van der Waals surface area contributed by atoms with Crippen molar-refractivity contribution in [1.29, 1.82) is 0 Å². The minimum atomic E-state index is -0.350. The molecule has 1 nitrogen and oxygen atoms in total. The summed E-state index contributed by atoms with van der Waals surface area (Å²) < 4.78 is 13.5. The van der Waals surface area contributed by atoms with Gasteiger partial charge in [-0.1, -0.05) is 37.6 Å². The van der Waals surface area contributed by atoms with Crippen molar-refractivity contribution in [2.24, 2.45) is 5.92 Å². The molecule has 0 fully saturated rings. The van der Waals surface area contributed by atoms with E-state index in [1.807, 2.05) is 0 Å². The van der Waals surface area contributed by atoms with Gasteiger partial charge in [0.05, 0.1) is 5.02 Å². The van der Waals surface area contributed by atoms with E-state index in [4.69, 9.17) is 23.2 Å². The van der Waals surface area contributed by atoms with Gasteiger partial charge in [-0.25, -0.2) is 4.39 Å². The second kappa shape index (κ2) is 7.20.